The highest BCUT2D eigenvalue weighted by molar-refractivity contribution is 5.93. The summed E-state index contributed by atoms with van der Waals surface area (Å²) >= 11 is 0. The van der Waals surface area contributed by atoms with E-state index in [2.05, 4.69) is 5.32 Å². The molecule has 0 bridgehead atoms. The van der Waals surface area contributed by atoms with Crippen LogP contribution in [-0.4, -0.2) is 26.7 Å². The average Bonchev–Trinajstić information content (AvgIpc) is 2.56. The van der Waals surface area contributed by atoms with E-state index in [-0.39, 0.29) is 12.5 Å². The first-order chi connectivity index (χ1) is 11.4. The third-order valence-corrected chi connectivity index (χ3v) is 3.83. The molecule has 5 nitrogen and oxygen atoms in total. The van der Waals surface area contributed by atoms with Crippen LogP contribution in [0.4, 0.5) is 5.69 Å². The van der Waals surface area contributed by atoms with Gasteiger partial charge in [-0.15, -0.1) is 0 Å². The van der Waals surface area contributed by atoms with Gasteiger partial charge in [0, 0.05) is 6.07 Å². The van der Waals surface area contributed by atoms with Gasteiger partial charge in [0.25, 0.3) is 5.91 Å². The van der Waals surface area contributed by atoms with Gasteiger partial charge < -0.3 is 19.5 Å². The van der Waals surface area contributed by atoms with Crippen molar-refractivity contribution in [2.24, 2.45) is 0 Å². The molecule has 0 aromatic heterocycles. The van der Waals surface area contributed by atoms with Gasteiger partial charge >= 0.3 is 0 Å². The van der Waals surface area contributed by atoms with Crippen LogP contribution in [0.5, 0.6) is 17.2 Å². The van der Waals surface area contributed by atoms with Crippen molar-refractivity contribution in [1.29, 1.82) is 0 Å². The lowest BCUT2D eigenvalue weighted by molar-refractivity contribution is -0.118. The van der Waals surface area contributed by atoms with Crippen LogP contribution in [0.2, 0.25) is 0 Å². The number of hydrogen-bond acceptors (Lipinski definition) is 4. The highest BCUT2D eigenvalue weighted by atomic mass is 16.5. The van der Waals surface area contributed by atoms with Gasteiger partial charge in [-0.1, -0.05) is 6.07 Å². The quantitative estimate of drug-likeness (QED) is 0.879. The number of methoxy groups -OCH3 is 2. The molecule has 1 N–H and O–H groups in total. The van der Waals surface area contributed by atoms with E-state index in [9.17, 15) is 4.79 Å². The fraction of sp³-hybridized carbons (Fsp3) is 0.316. The van der Waals surface area contributed by atoms with Gasteiger partial charge in [-0.05, 0) is 55.7 Å². The zero-order valence-electron chi connectivity index (χ0n) is 14.7. The van der Waals surface area contributed by atoms with Gasteiger partial charge in [0.2, 0.25) is 0 Å². The maximum Gasteiger partial charge on any atom is 0.262 e. The molecule has 0 radical (unpaired) electrons. The summed E-state index contributed by atoms with van der Waals surface area (Å²) in [6, 6.07) is 9.21. The SMILES string of the molecule is COc1ccc(OC)c(NC(=O)COc2cc(C)c(C)cc2C)c1. The highest BCUT2D eigenvalue weighted by Crippen LogP contribution is 2.29. The number of anilines is 1. The van der Waals surface area contributed by atoms with Crippen LogP contribution in [0.25, 0.3) is 0 Å². The Kier molecular flexibility index (Phi) is 5.68. The van der Waals surface area contributed by atoms with Gasteiger partial charge in [0.1, 0.15) is 17.2 Å². The maximum absolute atomic E-state index is 12.2. The molecule has 0 atom stereocenters. The molecular formula is C19H23NO4. The molecule has 1 amide bonds. The van der Waals surface area contributed by atoms with E-state index in [4.69, 9.17) is 14.2 Å². The molecular weight excluding hydrogens is 306 g/mol. The molecule has 0 saturated heterocycles. The molecule has 0 heterocycles. The van der Waals surface area contributed by atoms with Crippen molar-refractivity contribution in [2.45, 2.75) is 20.8 Å². The number of benzene rings is 2. The Morgan fingerprint density at radius 1 is 0.917 bits per heavy atom. The van der Waals surface area contributed by atoms with Crippen LogP contribution in [0.15, 0.2) is 30.3 Å². The Hall–Kier alpha value is -2.69. The Labute approximate surface area is 142 Å². The number of amides is 1. The fourth-order valence-corrected chi connectivity index (χ4v) is 2.33. The zero-order chi connectivity index (χ0) is 17.7. The number of nitrogens with one attached hydrogen (secondary N) is 1. The monoisotopic (exact) mass is 329 g/mol. The van der Waals surface area contributed by atoms with Gasteiger partial charge in [0.05, 0.1) is 19.9 Å². The summed E-state index contributed by atoms with van der Waals surface area (Å²) in [7, 11) is 3.12. The smallest absolute Gasteiger partial charge is 0.262 e. The van der Waals surface area contributed by atoms with Gasteiger partial charge in [-0.2, -0.15) is 0 Å². The van der Waals surface area contributed by atoms with E-state index in [0.29, 0.717) is 22.9 Å². The average molecular weight is 329 g/mol. The molecule has 0 aliphatic heterocycles. The molecule has 0 spiro atoms. The van der Waals surface area contributed by atoms with Crippen LogP contribution in [0.1, 0.15) is 16.7 Å². The van der Waals surface area contributed by atoms with E-state index < -0.39 is 0 Å². The Balaban J connectivity index is 2.05. The maximum atomic E-state index is 12.2. The minimum atomic E-state index is -0.265. The first-order valence-corrected chi connectivity index (χ1v) is 7.67. The summed E-state index contributed by atoms with van der Waals surface area (Å²) in [5.41, 5.74) is 3.88. The van der Waals surface area contributed by atoms with Crippen molar-refractivity contribution in [1.82, 2.24) is 0 Å². The first kappa shape index (κ1) is 17.7. The summed E-state index contributed by atoms with van der Waals surface area (Å²) in [6.45, 7) is 5.95. The Bertz CT molecular complexity index is 740. The molecule has 0 saturated carbocycles. The Morgan fingerprint density at radius 2 is 1.62 bits per heavy atom. The molecule has 0 unspecified atom stereocenters. The number of hydrogen-bond donors (Lipinski definition) is 1. The molecule has 2 aromatic carbocycles. The molecule has 128 valence electrons. The predicted molar refractivity (Wildman–Crippen MR) is 94.3 cm³/mol. The fourth-order valence-electron chi connectivity index (χ4n) is 2.33. The topological polar surface area (TPSA) is 56.8 Å². The predicted octanol–water partition coefficient (Wildman–Crippen LogP) is 3.65. The highest BCUT2D eigenvalue weighted by Gasteiger charge is 2.11. The summed E-state index contributed by atoms with van der Waals surface area (Å²) in [5.74, 6) is 1.65. The van der Waals surface area contributed by atoms with Crippen molar-refractivity contribution in [2.75, 3.05) is 26.1 Å². The first-order valence-electron chi connectivity index (χ1n) is 7.67. The summed E-state index contributed by atoms with van der Waals surface area (Å²) in [6.07, 6.45) is 0. The second-order valence-electron chi connectivity index (χ2n) is 5.61. The van der Waals surface area contributed by atoms with Crippen molar-refractivity contribution in [3.63, 3.8) is 0 Å². The summed E-state index contributed by atoms with van der Waals surface area (Å²) < 4.78 is 16.1. The van der Waals surface area contributed by atoms with Crippen molar-refractivity contribution in [3.8, 4) is 17.2 Å². The van der Waals surface area contributed by atoms with Gasteiger partial charge in [-0.25, -0.2) is 0 Å². The standard InChI is InChI=1S/C19H23NO4/c1-12-8-14(3)18(9-13(12)2)24-11-19(21)20-16-10-15(22-4)6-7-17(16)23-5/h6-10H,11H2,1-5H3,(H,20,21). The number of carbonyl (C=O) groups excluding carboxylic acids is 1. The lowest BCUT2D eigenvalue weighted by Crippen LogP contribution is -2.20. The minimum Gasteiger partial charge on any atom is -0.497 e. The summed E-state index contributed by atoms with van der Waals surface area (Å²) in [5, 5.41) is 2.78. The molecule has 2 rings (SSSR count). The number of carbonyl (C=O) groups is 1. The van der Waals surface area contributed by atoms with E-state index in [1.54, 1.807) is 32.4 Å². The Morgan fingerprint density at radius 3 is 2.29 bits per heavy atom. The summed E-state index contributed by atoms with van der Waals surface area (Å²) in [4.78, 5) is 12.2. The second kappa shape index (κ2) is 7.73. The molecule has 2 aromatic rings. The zero-order valence-corrected chi connectivity index (χ0v) is 14.7. The van der Waals surface area contributed by atoms with Crippen LogP contribution < -0.4 is 19.5 Å². The third-order valence-electron chi connectivity index (χ3n) is 3.83. The molecule has 0 fully saturated rings. The lowest BCUT2D eigenvalue weighted by atomic mass is 10.1. The van der Waals surface area contributed by atoms with Crippen LogP contribution in [-0.2, 0) is 4.79 Å². The van der Waals surface area contributed by atoms with Crippen LogP contribution in [0, 0.1) is 20.8 Å². The molecule has 0 aliphatic carbocycles. The van der Waals surface area contributed by atoms with Crippen molar-refractivity contribution < 1.29 is 19.0 Å². The van der Waals surface area contributed by atoms with Gasteiger partial charge in [-0.3, -0.25) is 4.79 Å². The van der Waals surface area contributed by atoms with E-state index in [0.717, 1.165) is 11.1 Å². The largest absolute Gasteiger partial charge is 0.497 e. The lowest BCUT2D eigenvalue weighted by Gasteiger charge is -2.14. The normalized spacial score (nSPS) is 10.2. The number of ether oxygens (including phenoxy) is 3. The van der Waals surface area contributed by atoms with E-state index >= 15 is 0 Å². The van der Waals surface area contributed by atoms with Crippen LogP contribution >= 0.6 is 0 Å². The van der Waals surface area contributed by atoms with Crippen molar-refractivity contribution >= 4 is 11.6 Å². The number of rotatable bonds is 6. The van der Waals surface area contributed by atoms with E-state index in [1.165, 1.54) is 5.56 Å². The van der Waals surface area contributed by atoms with Gasteiger partial charge in [0.15, 0.2) is 6.61 Å². The van der Waals surface area contributed by atoms with Crippen LogP contribution in [0.3, 0.4) is 0 Å². The minimum absolute atomic E-state index is 0.0797. The van der Waals surface area contributed by atoms with E-state index in [1.807, 2.05) is 32.9 Å². The third kappa shape index (κ3) is 4.19. The molecule has 5 heteroatoms. The second-order valence-corrected chi connectivity index (χ2v) is 5.61. The molecule has 24 heavy (non-hydrogen) atoms. The molecule has 0 aliphatic rings. The number of aryl methyl sites for hydroxylation is 3. The van der Waals surface area contributed by atoms with Crippen molar-refractivity contribution in [3.05, 3.63) is 47.0 Å².